The molecule has 0 saturated carbocycles. The van der Waals surface area contributed by atoms with Gasteiger partial charge in [-0.2, -0.15) is 0 Å². The number of amides is 1. The smallest absolute Gasteiger partial charge is 0.263 e. The molecule has 0 atom stereocenters. The third kappa shape index (κ3) is 4.60. The molecule has 0 aliphatic carbocycles. The van der Waals surface area contributed by atoms with Gasteiger partial charge in [-0.15, -0.1) is 11.3 Å². The second-order valence-corrected chi connectivity index (χ2v) is 8.29. The molecule has 9 heteroatoms. The highest BCUT2D eigenvalue weighted by Crippen LogP contribution is 2.18. The van der Waals surface area contributed by atoms with Gasteiger partial charge in [0.2, 0.25) is 0 Å². The largest absolute Gasteiger partial charge is 0.348 e. The Labute approximate surface area is 159 Å². The summed E-state index contributed by atoms with van der Waals surface area (Å²) >= 11 is 7.09. The Balaban J connectivity index is 1.66. The van der Waals surface area contributed by atoms with Gasteiger partial charge in [-0.25, -0.2) is 13.4 Å². The third-order valence-corrected chi connectivity index (χ3v) is 5.83. The highest BCUT2D eigenvalue weighted by molar-refractivity contribution is 7.93. The van der Waals surface area contributed by atoms with E-state index in [1.165, 1.54) is 41.8 Å². The molecule has 0 bridgehead atoms. The SMILES string of the molecule is O=C(NCc1cccc(Cl)c1)c1ccc(S(=O)(=O)Nc2nccs2)cc1. The summed E-state index contributed by atoms with van der Waals surface area (Å²) in [5, 5.41) is 5.32. The number of carbonyl (C=O) groups excluding carboxylic acids is 1. The van der Waals surface area contributed by atoms with Gasteiger partial charge in [0.15, 0.2) is 5.13 Å². The van der Waals surface area contributed by atoms with Gasteiger partial charge in [-0.3, -0.25) is 9.52 Å². The lowest BCUT2D eigenvalue weighted by atomic mass is 10.2. The van der Waals surface area contributed by atoms with E-state index in [1.807, 2.05) is 6.07 Å². The second-order valence-electron chi connectivity index (χ2n) is 5.28. The third-order valence-electron chi connectivity index (χ3n) is 3.42. The van der Waals surface area contributed by atoms with Crippen molar-refractivity contribution in [1.82, 2.24) is 10.3 Å². The van der Waals surface area contributed by atoms with Gasteiger partial charge >= 0.3 is 0 Å². The predicted octanol–water partition coefficient (Wildman–Crippen LogP) is 3.53. The summed E-state index contributed by atoms with van der Waals surface area (Å²) in [6.45, 7) is 0.324. The van der Waals surface area contributed by atoms with E-state index >= 15 is 0 Å². The fourth-order valence-electron chi connectivity index (χ4n) is 2.16. The quantitative estimate of drug-likeness (QED) is 0.654. The fraction of sp³-hybridized carbons (Fsp3) is 0.0588. The zero-order valence-electron chi connectivity index (χ0n) is 13.3. The molecule has 3 rings (SSSR count). The maximum absolute atomic E-state index is 12.3. The molecule has 0 aliphatic heterocycles. The Bertz CT molecular complexity index is 1000. The van der Waals surface area contributed by atoms with Gasteiger partial charge in [-0.05, 0) is 42.0 Å². The van der Waals surface area contributed by atoms with E-state index in [2.05, 4.69) is 15.0 Å². The molecule has 134 valence electrons. The number of nitrogens with zero attached hydrogens (tertiary/aromatic N) is 1. The number of hydrogen-bond acceptors (Lipinski definition) is 5. The Hall–Kier alpha value is -2.42. The Morgan fingerprint density at radius 3 is 2.58 bits per heavy atom. The van der Waals surface area contributed by atoms with Crippen LogP contribution in [0.15, 0.2) is 65.0 Å². The van der Waals surface area contributed by atoms with Crippen molar-refractivity contribution in [3.05, 3.63) is 76.3 Å². The van der Waals surface area contributed by atoms with E-state index in [4.69, 9.17) is 11.6 Å². The van der Waals surface area contributed by atoms with Crippen molar-refractivity contribution in [2.75, 3.05) is 4.72 Å². The topological polar surface area (TPSA) is 88.2 Å². The number of thiazole rings is 1. The van der Waals surface area contributed by atoms with Crippen LogP contribution in [0.25, 0.3) is 0 Å². The van der Waals surface area contributed by atoms with Crippen LogP contribution < -0.4 is 10.0 Å². The molecule has 1 aromatic heterocycles. The average Bonchev–Trinajstić information content (AvgIpc) is 3.12. The molecular formula is C17H14ClN3O3S2. The van der Waals surface area contributed by atoms with Crippen LogP contribution in [0.4, 0.5) is 5.13 Å². The molecule has 0 aliphatic rings. The number of anilines is 1. The maximum Gasteiger partial charge on any atom is 0.263 e. The van der Waals surface area contributed by atoms with E-state index in [-0.39, 0.29) is 15.9 Å². The summed E-state index contributed by atoms with van der Waals surface area (Å²) in [4.78, 5) is 16.1. The van der Waals surface area contributed by atoms with Gasteiger partial charge in [0.05, 0.1) is 4.90 Å². The first-order chi connectivity index (χ1) is 12.4. The number of carbonyl (C=O) groups is 1. The van der Waals surface area contributed by atoms with Gasteiger partial charge < -0.3 is 5.32 Å². The average molecular weight is 408 g/mol. The molecule has 0 spiro atoms. The number of sulfonamides is 1. The standard InChI is InChI=1S/C17H14ClN3O3S2/c18-14-3-1-2-12(10-14)11-20-16(22)13-4-6-15(7-5-13)26(23,24)21-17-19-8-9-25-17/h1-10H,11H2,(H,19,21)(H,20,22). The minimum Gasteiger partial charge on any atom is -0.348 e. The van der Waals surface area contributed by atoms with Crippen molar-refractivity contribution in [2.45, 2.75) is 11.4 Å². The lowest BCUT2D eigenvalue weighted by molar-refractivity contribution is 0.0951. The van der Waals surface area contributed by atoms with Crippen molar-refractivity contribution in [3.63, 3.8) is 0 Å². The summed E-state index contributed by atoms with van der Waals surface area (Å²) in [6, 6.07) is 12.9. The lowest BCUT2D eigenvalue weighted by Crippen LogP contribution is -2.23. The summed E-state index contributed by atoms with van der Waals surface area (Å²) in [5.41, 5.74) is 1.23. The zero-order chi connectivity index (χ0) is 18.6. The zero-order valence-corrected chi connectivity index (χ0v) is 15.7. The van der Waals surface area contributed by atoms with Gasteiger partial charge in [0.1, 0.15) is 0 Å². The molecule has 26 heavy (non-hydrogen) atoms. The molecule has 2 N–H and O–H groups in total. The normalized spacial score (nSPS) is 11.1. The monoisotopic (exact) mass is 407 g/mol. The van der Waals surface area contributed by atoms with Crippen molar-refractivity contribution >= 4 is 44.0 Å². The van der Waals surface area contributed by atoms with Crippen LogP contribution in [0, 0.1) is 0 Å². The molecule has 0 saturated heterocycles. The molecule has 6 nitrogen and oxygen atoms in total. The van der Waals surface area contributed by atoms with Crippen LogP contribution in [-0.2, 0) is 16.6 Å². The molecule has 1 heterocycles. The van der Waals surface area contributed by atoms with Gasteiger partial charge in [-0.1, -0.05) is 23.7 Å². The number of nitrogens with one attached hydrogen (secondary N) is 2. The van der Waals surface area contributed by atoms with Crippen LogP contribution in [0.1, 0.15) is 15.9 Å². The van der Waals surface area contributed by atoms with Crippen molar-refractivity contribution in [2.24, 2.45) is 0 Å². The molecule has 0 fully saturated rings. The number of hydrogen-bond donors (Lipinski definition) is 2. The van der Waals surface area contributed by atoms with Crippen molar-refractivity contribution in [3.8, 4) is 0 Å². The number of benzene rings is 2. The van der Waals surface area contributed by atoms with Crippen molar-refractivity contribution < 1.29 is 13.2 Å². The number of rotatable bonds is 6. The highest BCUT2D eigenvalue weighted by atomic mass is 35.5. The van der Waals surface area contributed by atoms with E-state index in [1.54, 1.807) is 23.6 Å². The summed E-state index contributed by atoms with van der Waals surface area (Å²) < 4.78 is 26.9. The Kier molecular flexibility index (Phi) is 5.55. The van der Waals surface area contributed by atoms with Gasteiger partial charge in [0.25, 0.3) is 15.9 Å². The van der Waals surface area contributed by atoms with Crippen LogP contribution in [0.5, 0.6) is 0 Å². The van der Waals surface area contributed by atoms with Crippen LogP contribution in [0.2, 0.25) is 5.02 Å². The van der Waals surface area contributed by atoms with E-state index < -0.39 is 10.0 Å². The van der Waals surface area contributed by atoms with E-state index in [0.717, 1.165) is 5.56 Å². The first-order valence-corrected chi connectivity index (χ1v) is 10.2. The molecule has 0 radical (unpaired) electrons. The van der Waals surface area contributed by atoms with Crippen molar-refractivity contribution in [1.29, 1.82) is 0 Å². The molecule has 2 aromatic carbocycles. The summed E-state index contributed by atoms with van der Waals surface area (Å²) in [6.07, 6.45) is 1.51. The molecule has 0 unspecified atom stereocenters. The van der Waals surface area contributed by atoms with E-state index in [9.17, 15) is 13.2 Å². The molecular weight excluding hydrogens is 394 g/mol. The van der Waals surface area contributed by atoms with E-state index in [0.29, 0.717) is 17.1 Å². The minimum atomic E-state index is -3.73. The number of aromatic nitrogens is 1. The molecule has 3 aromatic rings. The number of halogens is 1. The summed E-state index contributed by atoms with van der Waals surface area (Å²) in [5.74, 6) is -0.304. The first kappa shape index (κ1) is 18.4. The fourth-order valence-corrected chi connectivity index (χ4v) is 4.17. The second kappa shape index (κ2) is 7.86. The first-order valence-electron chi connectivity index (χ1n) is 7.49. The van der Waals surface area contributed by atoms with Crippen LogP contribution in [0.3, 0.4) is 0 Å². The highest BCUT2D eigenvalue weighted by Gasteiger charge is 2.16. The van der Waals surface area contributed by atoms with Crippen LogP contribution in [-0.4, -0.2) is 19.3 Å². The predicted molar refractivity (Wildman–Crippen MR) is 102 cm³/mol. The lowest BCUT2D eigenvalue weighted by Gasteiger charge is -2.08. The van der Waals surface area contributed by atoms with Gasteiger partial charge in [0, 0.05) is 28.7 Å². The summed E-state index contributed by atoms with van der Waals surface area (Å²) in [7, 11) is -3.73. The maximum atomic E-state index is 12.3. The molecule has 1 amide bonds. The van der Waals surface area contributed by atoms with Crippen LogP contribution >= 0.6 is 22.9 Å². The minimum absolute atomic E-state index is 0.0547. The Morgan fingerprint density at radius 1 is 1.15 bits per heavy atom. The Morgan fingerprint density at radius 2 is 1.92 bits per heavy atom.